The van der Waals surface area contributed by atoms with Gasteiger partial charge in [0.15, 0.2) is 0 Å². The van der Waals surface area contributed by atoms with Crippen LogP contribution >= 0.6 is 0 Å². The Balaban J connectivity index is 1.83. The van der Waals surface area contributed by atoms with Gasteiger partial charge in [-0.05, 0) is 31.0 Å². The van der Waals surface area contributed by atoms with E-state index in [-0.39, 0.29) is 10.9 Å². The molecular formula is C17H18N2O2S. The number of nitrogens with zero attached hydrogens (tertiary/aromatic N) is 1. The molecule has 1 N–H and O–H groups in total. The smallest absolute Gasteiger partial charge is 0.241 e. The van der Waals surface area contributed by atoms with E-state index < -0.39 is 10.0 Å². The number of hydrogen-bond acceptors (Lipinski definition) is 3. The van der Waals surface area contributed by atoms with Crippen LogP contribution in [-0.4, -0.2) is 26.7 Å². The Bertz CT molecular complexity index is 781. The van der Waals surface area contributed by atoms with Crippen LogP contribution in [-0.2, 0) is 10.0 Å². The fourth-order valence-electron chi connectivity index (χ4n) is 2.55. The summed E-state index contributed by atoms with van der Waals surface area (Å²) >= 11 is 0. The molecule has 22 heavy (non-hydrogen) atoms. The van der Waals surface area contributed by atoms with Gasteiger partial charge in [0.2, 0.25) is 10.0 Å². The highest BCUT2D eigenvalue weighted by Crippen LogP contribution is 2.17. The van der Waals surface area contributed by atoms with Crippen molar-refractivity contribution in [3.63, 3.8) is 0 Å². The SMILES string of the molecule is Cc1ccc(S(=O)(=O)NC2CCN=C2c2ccccc2)cc1. The Hall–Kier alpha value is -1.98. The van der Waals surface area contributed by atoms with Crippen molar-refractivity contribution in [2.24, 2.45) is 4.99 Å². The lowest BCUT2D eigenvalue weighted by molar-refractivity contribution is 0.574. The van der Waals surface area contributed by atoms with E-state index in [2.05, 4.69) is 9.71 Å². The molecule has 1 unspecified atom stereocenters. The number of sulfonamides is 1. The van der Waals surface area contributed by atoms with Crippen LogP contribution in [0.4, 0.5) is 0 Å². The van der Waals surface area contributed by atoms with Crippen LogP contribution < -0.4 is 4.72 Å². The molecule has 1 heterocycles. The Morgan fingerprint density at radius 2 is 1.73 bits per heavy atom. The normalized spacial score (nSPS) is 18.2. The van der Waals surface area contributed by atoms with Crippen molar-refractivity contribution in [1.82, 2.24) is 4.72 Å². The monoisotopic (exact) mass is 314 g/mol. The Kier molecular flexibility index (Phi) is 4.09. The maximum absolute atomic E-state index is 12.5. The van der Waals surface area contributed by atoms with E-state index in [0.717, 1.165) is 16.8 Å². The molecule has 0 aromatic heterocycles. The Morgan fingerprint density at radius 1 is 1.05 bits per heavy atom. The molecule has 0 fully saturated rings. The van der Waals surface area contributed by atoms with Gasteiger partial charge in [0, 0.05) is 6.54 Å². The lowest BCUT2D eigenvalue weighted by Crippen LogP contribution is -2.39. The molecule has 0 spiro atoms. The van der Waals surface area contributed by atoms with Gasteiger partial charge in [0.05, 0.1) is 16.6 Å². The number of rotatable bonds is 4. The topological polar surface area (TPSA) is 58.5 Å². The first-order valence-corrected chi connectivity index (χ1v) is 8.73. The molecule has 0 bridgehead atoms. The molecule has 0 saturated heterocycles. The van der Waals surface area contributed by atoms with Crippen molar-refractivity contribution in [3.05, 3.63) is 65.7 Å². The third kappa shape index (κ3) is 3.10. The lowest BCUT2D eigenvalue weighted by atomic mass is 10.0. The molecule has 5 heteroatoms. The predicted octanol–water partition coefficient (Wildman–Crippen LogP) is 2.53. The van der Waals surface area contributed by atoms with E-state index in [1.54, 1.807) is 24.3 Å². The predicted molar refractivity (Wildman–Crippen MR) is 87.8 cm³/mol. The standard InChI is InChI=1S/C17H18N2O2S/c1-13-7-9-15(10-8-13)22(20,21)19-16-11-12-18-17(16)14-5-3-2-4-6-14/h2-10,16,19H,11-12H2,1H3. The van der Waals surface area contributed by atoms with Crippen molar-refractivity contribution in [1.29, 1.82) is 0 Å². The van der Waals surface area contributed by atoms with E-state index in [9.17, 15) is 8.42 Å². The summed E-state index contributed by atoms with van der Waals surface area (Å²) < 4.78 is 27.8. The third-order valence-corrected chi connectivity index (χ3v) is 5.22. The summed E-state index contributed by atoms with van der Waals surface area (Å²) in [5.74, 6) is 0. The van der Waals surface area contributed by atoms with Gasteiger partial charge in [-0.2, -0.15) is 0 Å². The van der Waals surface area contributed by atoms with Crippen molar-refractivity contribution in [3.8, 4) is 0 Å². The van der Waals surface area contributed by atoms with Crippen molar-refractivity contribution in [2.75, 3.05) is 6.54 Å². The third-order valence-electron chi connectivity index (χ3n) is 3.73. The van der Waals surface area contributed by atoms with Gasteiger partial charge in [-0.1, -0.05) is 48.0 Å². The summed E-state index contributed by atoms with van der Waals surface area (Å²) in [6.07, 6.45) is 0.690. The minimum atomic E-state index is -3.53. The molecule has 0 aliphatic carbocycles. The molecule has 0 radical (unpaired) electrons. The molecule has 4 nitrogen and oxygen atoms in total. The summed E-state index contributed by atoms with van der Waals surface area (Å²) in [4.78, 5) is 4.76. The van der Waals surface area contributed by atoms with Gasteiger partial charge in [-0.15, -0.1) is 0 Å². The minimum absolute atomic E-state index is 0.270. The summed E-state index contributed by atoms with van der Waals surface area (Å²) in [5, 5.41) is 0. The van der Waals surface area contributed by atoms with Crippen molar-refractivity contribution < 1.29 is 8.42 Å². The van der Waals surface area contributed by atoms with Gasteiger partial charge >= 0.3 is 0 Å². The zero-order chi connectivity index (χ0) is 15.6. The second kappa shape index (κ2) is 6.02. The highest BCUT2D eigenvalue weighted by atomic mass is 32.2. The van der Waals surface area contributed by atoms with Crippen molar-refractivity contribution >= 4 is 15.7 Å². The number of hydrogen-bond donors (Lipinski definition) is 1. The maximum atomic E-state index is 12.5. The van der Waals surface area contributed by atoms with E-state index in [1.165, 1.54) is 0 Å². The molecular weight excluding hydrogens is 296 g/mol. The minimum Gasteiger partial charge on any atom is -0.287 e. The molecule has 1 aliphatic heterocycles. The van der Waals surface area contributed by atoms with Crippen LogP contribution in [0, 0.1) is 6.92 Å². The highest BCUT2D eigenvalue weighted by Gasteiger charge is 2.27. The quantitative estimate of drug-likeness (QED) is 0.943. The number of aliphatic imine (C=N–C) groups is 1. The molecule has 2 aromatic rings. The number of benzene rings is 2. The lowest BCUT2D eigenvalue weighted by Gasteiger charge is -2.16. The van der Waals surface area contributed by atoms with Crippen molar-refractivity contribution in [2.45, 2.75) is 24.3 Å². The molecule has 114 valence electrons. The highest BCUT2D eigenvalue weighted by molar-refractivity contribution is 7.89. The summed E-state index contributed by atoms with van der Waals surface area (Å²) in [6.45, 7) is 2.58. The van der Waals surface area contributed by atoms with Gasteiger partial charge in [-0.25, -0.2) is 13.1 Å². The molecule has 2 aromatic carbocycles. The number of aryl methyl sites for hydroxylation is 1. The second-order valence-corrected chi connectivity index (χ2v) is 7.12. The summed E-state index contributed by atoms with van der Waals surface area (Å²) in [6, 6.07) is 16.3. The average molecular weight is 314 g/mol. The molecule has 0 saturated carbocycles. The molecule has 3 rings (SSSR count). The van der Waals surface area contributed by atoms with Gasteiger partial charge in [-0.3, -0.25) is 4.99 Å². The first-order valence-electron chi connectivity index (χ1n) is 7.25. The molecule has 1 aliphatic rings. The Labute approximate surface area is 131 Å². The van der Waals surface area contributed by atoms with E-state index in [0.29, 0.717) is 13.0 Å². The first-order chi connectivity index (χ1) is 10.6. The molecule has 0 amide bonds. The van der Waals surface area contributed by atoms with Gasteiger partial charge in [0.1, 0.15) is 0 Å². The first kappa shape index (κ1) is 14.9. The number of nitrogens with one attached hydrogen (secondary N) is 1. The molecule has 1 atom stereocenters. The van der Waals surface area contributed by atoms with Crippen LogP contribution in [0.2, 0.25) is 0 Å². The van der Waals surface area contributed by atoms with Crippen LogP contribution in [0.25, 0.3) is 0 Å². The summed E-state index contributed by atoms with van der Waals surface area (Å²) in [5.41, 5.74) is 2.82. The van der Waals surface area contributed by atoms with Crippen LogP contribution in [0.5, 0.6) is 0 Å². The summed E-state index contributed by atoms with van der Waals surface area (Å²) in [7, 11) is -3.53. The fraction of sp³-hybridized carbons (Fsp3) is 0.235. The average Bonchev–Trinajstić information content (AvgIpc) is 2.96. The van der Waals surface area contributed by atoms with E-state index in [4.69, 9.17) is 0 Å². The fourth-order valence-corrected chi connectivity index (χ4v) is 3.78. The second-order valence-electron chi connectivity index (χ2n) is 5.41. The Morgan fingerprint density at radius 3 is 2.41 bits per heavy atom. The van der Waals surface area contributed by atoms with Crippen LogP contribution in [0.15, 0.2) is 64.5 Å². The largest absolute Gasteiger partial charge is 0.287 e. The van der Waals surface area contributed by atoms with Gasteiger partial charge < -0.3 is 0 Å². The van der Waals surface area contributed by atoms with Gasteiger partial charge in [0.25, 0.3) is 0 Å². The zero-order valence-corrected chi connectivity index (χ0v) is 13.2. The van der Waals surface area contributed by atoms with E-state index >= 15 is 0 Å². The maximum Gasteiger partial charge on any atom is 0.241 e. The van der Waals surface area contributed by atoms with Crippen LogP contribution in [0.3, 0.4) is 0 Å². The van der Waals surface area contributed by atoms with E-state index in [1.807, 2.05) is 37.3 Å². The van der Waals surface area contributed by atoms with Crippen LogP contribution in [0.1, 0.15) is 17.5 Å². The zero-order valence-electron chi connectivity index (χ0n) is 12.4.